The molecule has 2 aromatic heterocycles. The number of Topliss-reactive ketones (excluding diaryl/α,β-unsaturated/α-hetero) is 1. The number of ketones is 1. The Labute approximate surface area is 140 Å². The minimum Gasteiger partial charge on any atom is -0.359 e. The number of aromatic nitrogens is 2. The van der Waals surface area contributed by atoms with Crippen molar-refractivity contribution in [2.24, 2.45) is 0 Å². The van der Waals surface area contributed by atoms with Crippen LogP contribution in [0, 0.1) is 13.8 Å². The minimum absolute atomic E-state index is 0.0498. The van der Waals surface area contributed by atoms with Crippen LogP contribution in [0.1, 0.15) is 75.3 Å². The second-order valence-electron chi connectivity index (χ2n) is 6.78. The number of likely N-dealkylation sites (tertiary alicyclic amines) is 1. The van der Waals surface area contributed by atoms with E-state index in [-0.39, 0.29) is 17.7 Å². The molecule has 1 fully saturated rings. The minimum atomic E-state index is -0.0749. The maximum absolute atomic E-state index is 13.1. The summed E-state index contributed by atoms with van der Waals surface area (Å²) >= 11 is 0. The van der Waals surface area contributed by atoms with Crippen LogP contribution < -0.4 is 0 Å². The van der Waals surface area contributed by atoms with Crippen LogP contribution in [-0.2, 0) is 6.42 Å². The summed E-state index contributed by atoms with van der Waals surface area (Å²) in [7, 11) is 0. The van der Waals surface area contributed by atoms with Gasteiger partial charge in [0.05, 0.1) is 11.7 Å². The first-order chi connectivity index (χ1) is 11.6. The largest absolute Gasteiger partial charge is 0.359 e. The molecule has 2 aromatic rings. The van der Waals surface area contributed by atoms with Gasteiger partial charge in [-0.15, -0.1) is 0 Å². The second kappa shape index (κ2) is 5.61. The van der Waals surface area contributed by atoms with E-state index in [0.717, 1.165) is 54.0 Å². The van der Waals surface area contributed by atoms with Crippen molar-refractivity contribution in [3.8, 4) is 0 Å². The van der Waals surface area contributed by atoms with Gasteiger partial charge in [0.25, 0.3) is 5.91 Å². The van der Waals surface area contributed by atoms with Gasteiger partial charge in [-0.2, -0.15) is 0 Å². The van der Waals surface area contributed by atoms with E-state index in [1.54, 1.807) is 0 Å². The van der Waals surface area contributed by atoms with E-state index in [4.69, 9.17) is 4.52 Å². The molecule has 6 nitrogen and oxygen atoms in total. The van der Waals surface area contributed by atoms with E-state index in [2.05, 4.69) is 10.1 Å². The van der Waals surface area contributed by atoms with Crippen molar-refractivity contribution in [3.63, 3.8) is 0 Å². The van der Waals surface area contributed by atoms with Gasteiger partial charge in [0.15, 0.2) is 11.5 Å². The molecule has 0 radical (unpaired) electrons. The Morgan fingerprint density at radius 2 is 2.17 bits per heavy atom. The quantitative estimate of drug-likeness (QED) is 0.919. The van der Waals surface area contributed by atoms with Gasteiger partial charge in [-0.1, -0.05) is 5.16 Å². The lowest BCUT2D eigenvalue weighted by atomic mass is 9.93. The molecule has 4 rings (SSSR count). The molecule has 1 saturated heterocycles. The molecule has 2 aliphatic rings. The molecule has 24 heavy (non-hydrogen) atoms. The van der Waals surface area contributed by atoms with E-state index < -0.39 is 0 Å². The summed E-state index contributed by atoms with van der Waals surface area (Å²) in [5.41, 5.74) is 3.81. The Morgan fingerprint density at radius 1 is 1.33 bits per heavy atom. The average molecular weight is 327 g/mol. The number of carbonyl (C=O) groups is 2. The number of amides is 1. The third-order valence-electron chi connectivity index (χ3n) is 5.14. The highest BCUT2D eigenvalue weighted by Crippen LogP contribution is 2.35. The molecular weight excluding hydrogens is 306 g/mol. The normalized spacial score (nSPS) is 20.5. The number of carbonyl (C=O) groups excluding carboxylic acids is 2. The Hall–Kier alpha value is -2.37. The monoisotopic (exact) mass is 327 g/mol. The van der Waals surface area contributed by atoms with Gasteiger partial charge in [-0.3, -0.25) is 9.59 Å². The smallest absolute Gasteiger partial charge is 0.271 e. The molecule has 6 heteroatoms. The molecule has 1 aliphatic heterocycles. The highest BCUT2D eigenvalue weighted by atomic mass is 16.5. The van der Waals surface area contributed by atoms with Gasteiger partial charge < -0.3 is 14.4 Å². The van der Waals surface area contributed by atoms with Crippen LogP contribution in [0.3, 0.4) is 0 Å². The summed E-state index contributed by atoms with van der Waals surface area (Å²) in [6.07, 6.45) is 4.07. The first-order valence-electron chi connectivity index (χ1n) is 8.55. The van der Waals surface area contributed by atoms with Gasteiger partial charge in [0, 0.05) is 30.3 Å². The van der Waals surface area contributed by atoms with Crippen molar-refractivity contribution >= 4 is 11.7 Å². The number of hydrogen-bond acceptors (Lipinski definition) is 4. The van der Waals surface area contributed by atoms with Crippen LogP contribution in [0.2, 0.25) is 0 Å². The van der Waals surface area contributed by atoms with Gasteiger partial charge in [0.2, 0.25) is 0 Å². The van der Waals surface area contributed by atoms with Crippen molar-refractivity contribution in [3.05, 3.63) is 40.0 Å². The molecule has 1 amide bonds. The summed E-state index contributed by atoms with van der Waals surface area (Å²) < 4.78 is 5.38. The van der Waals surface area contributed by atoms with Crippen LogP contribution in [0.5, 0.6) is 0 Å². The van der Waals surface area contributed by atoms with Gasteiger partial charge in [-0.05, 0) is 45.1 Å². The predicted molar refractivity (Wildman–Crippen MR) is 87.0 cm³/mol. The molecule has 1 unspecified atom stereocenters. The summed E-state index contributed by atoms with van der Waals surface area (Å²) in [5, 5.41) is 3.94. The number of rotatable bonds is 2. The Morgan fingerprint density at radius 3 is 2.88 bits per heavy atom. The fourth-order valence-electron chi connectivity index (χ4n) is 3.98. The number of nitrogens with zero attached hydrogens (tertiary/aromatic N) is 2. The molecule has 1 atom stereocenters. The van der Waals surface area contributed by atoms with Crippen LogP contribution >= 0.6 is 0 Å². The molecule has 0 saturated carbocycles. The maximum atomic E-state index is 13.1. The summed E-state index contributed by atoms with van der Waals surface area (Å²) in [6, 6.07) is 1.82. The Balaban J connectivity index is 1.67. The fraction of sp³-hybridized carbons (Fsp3) is 0.500. The highest BCUT2D eigenvalue weighted by Gasteiger charge is 2.36. The number of aromatic amines is 1. The summed E-state index contributed by atoms with van der Waals surface area (Å²) in [5.74, 6) is 0.836. The molecule has 0 spiro atoms. The third-order valence-corrected chi connectivity index (χ3v) is 5.14. The first kappa shape index (κ1) is 15.2. The van der Waals surface area contributed by atoms with Crippen molar-refractivity contribution in [1.82, 2.24) is 15.0 Å². The number of fused-ring (bicyclic) bond motifs is 1. The maximum Gasteiger partial charge on any atom is 0.271 e. The number of hydrogen-bond donors (Lipinski definition) is 1. The van der Waals surface area contributed by atoms with E-state index in [0.29, 0.717) is 18.7 Å². The van der Waals surface area contributed by atoms with E-state index in [1.807, 2.05) is 24.8 Å². The Bertz CT molecular complexity index is 818. The zero-order valence-corrected chi connectivity index (χ0v) is 14.0. The zero-order chi connectivity index (χ0) is 16.8. The van der Waals surface area contributed by atoms with Crippen LogP contribution in [0.25, 0.3) is 0 Å². The van der Waals surface area contributed by atoms with Gasteiger partial charge in [0.1, 0.15) is 5.69 Å². The Kier molecular flexibility index (Phi) is 3.55. The number of H-pyrrole nitrogens is 1. The van der Waals surface area contributed by atoms with Crippen molar-refractivity contribution in [2.45, 2.75) is 52.0 Å². The number of aryl methyl sites for hydroxylation is 2. The molecule has 126 valence electrons. The molecule has 1 aliphatic carbocycles. The average Bonchev–Trinajstić information content (AvgIpc) is 3.25. The van der Waals surface area contributed by atoms with Crippen molar-refractivity contribution in [1.29, 1.82) is 0 Å². The molecule has 0 bridgehead atoms. The van der Waals surface area contributed by atoms with Crippen LogP contribution in [-0.4, -0.2) is 33.3 Å². The fourth-order valence-corrected chi connectivity index (χ4v) is 3.98. The van der Waals surface area contributed by atoms with E-state index in [9.17, 15) is 9.59 Å². The number of nitrogens with one attached hydrogen (secondary N) is 1. The molecular formula is C18H21N3O3. The third kappa shape index (κ3) is 2.28. The van der Waals surface area contributed by atoms with Gasteiger partial charge in [-0.25, -0.2) is 0 Å². The first-order valence-corrected chi connectivity index (χ1v) is 8.55. The van der Waals surface area contributed by atoms with Crippen LogP contribution in [0.15, 0.2) is 10.6 Å². The molecule has 0 aromatic carbocycles. The molecule has 1 N–H and O–H groups in total. The van der Waals surface area contributed by atoms with E-state index >= 15 is 0 Å². The highest BCUT2D eigenvalue weighted by molar-refractivity contribution is 6.04. The predicted octanol–water partition coefficient (Wildman–Crippen LogP) is 3.12. The lowest BCUT2D eigenvalue weighted by molar-refractivity contribution is 0.0708. The lowest BCUT2D eigenvalue weighted by Crippen LogP contribution is -2.31. The summed E-state index contributed by atoms with van der Waals surface area (Å²) in [4.78, 5) is 30.4. The second-order valence-corrected chi connectivity index (χ2v) is 6.78. The standard InChI is InChI=1S/C18H21N3O3/c1-10-9-15(24-20-10)13-6-4-8-21(13)18(23)17-11(2)16-12(19-17)5-3-7-14(16)22/h9,13,19H,3-8H2,1-2H3. The lowest BCUT2D eigenvalue weighted by Gasteiger charge is -2.22. The SMILES string of the molecule is Cc1cc(C2CCCN2C(=O)c2[nH]c3c(c2C)C(=O)CCC3)on1. The topological polar surface area (TPSA) is 79.2 Å². The van der Waals surface area contributed by atoms with Gasteiger partial charge >= 0.3 is 0 Å². The van der Waals surface area contributed by atoms with Crippen LogP contribution in [0.4, 0.5) is 0 Å². The zero-order valence-electron chi connectivity index (χ0n) is 14.0. The summed E-state index contributed by atoms with van der Waals surface area (Å²) in [6.45, 7) is 4.44. The van der Waals surface area contributed by atoms with Crippen molar-refractivity contribution < 1.29 is 14.1 Å². The van der Waals surface area contributed by atoms with E-state index in [1.165, 1.54) is 0 Å². The van der Waals surface area contributed by atoms with Crippen molar-refractivity contribution in [2.75, 3.05) is 6.54 Å². The molecule has 3 heterocycles.